The van der Waals surface area contributed by atoms with E-state index in [2.05, 4.69) is 49.2 Å². The van der Waals surface area contributed by atoms with Gasteiger partial charge in [-0.05, 0) is 32.8 Å². The number of fused-ring (bicyclic) bond motifs is 1. The van der Waals surface area contributed by atoms with Crippen LogP contribution in [0, 0.1) is 0 Å². The van der Waals surface area contributed by atoms with Gasteiger partial charge in [-0.1, -0.05) is 0 Å². The summed E-state index contributed by atoms with van der Waals surface area (Å²) in [6.07, 6.45) is 7.70. The van der Waals surface area contributed by atoms with Crippen LogP contribution in [0.1, 0.15) is 43.1 Å². The molecule has 3 aromatic heterocycles. The van der Waals surface area contributed by atoms with Gasteiger partial charge in [0, 0.05) is 69.4 Å². The highest BCUT2D eigenvalue weighted by Crippen LogP contribution is 2.28. The monoisotopic (exact) mass is 464 g/mol. The van der Waals surface area contributed by atoms with E-state index in [0.717, 1.165) is 49.9 Å². The average Bonchev–Trinajstić information content (AvgIpc) is 3.21. The van der Waals surface area contributed by atoms with Crippen molar-refractivity contribution in [1.82, 2.24) is 30.2 Å². The molecule has 3 N–H and O–H groups in total. The van der Waals surface area contributed by atoms with E-state index in [0.29, 0.717) is 29.3 Å². The molecule has 0 saturated carbocycles. The summed E-state index contributed by atoms with van der Waals surface area (Å²) in [6, 6.07) is 4.20. The van der Waals surface area contributed by atoms with Gasteiger partial charge >= 0.3 is 0 Å². The minimum Gasteiger partial charge on any atom is -0.381 e. The molecule has 0 spiro atoms. The number of pyridine rings is 1. The highest BCUT2D eigenvalue weighted by molar-refractivity contribution is 6.07. The number of methoxy groups -OCH3 is 1. The highest BCUT2D eigenvalue weighted by atomic mass is 16.5. The number of carbonyl (C=O) groups is 1. The van der Waals surface area contributed by atoms with E-state index < -0.39 is 0 Å². The fraction of sp³-hybridized carbons (Fsp3) is 0.500. The van der Waals surface area contributed by atoms with Gasteiger partial charge in [-0.3, -0.25) is 4.79 Å². The van der Waals surface area contributed by atoms with Gasteiger partial charge < -0.3 is 30.2 Å². The molecule has 1 amide bonds. The Morgan fingerprint density at radius 1 is 1.21 bits per heavy atom. The molecule has 34 heavy (non-hydrogen) atoms. The van der Waals surface area contributed by atoms with Crippen LogP contribution in [0.3, 0.4) is 0 Å². The largest absolute Gasteiger partial charge is 0.381 e. The van der Waals surface area contributed by atoms with E-state index in [1.54, 1.807) is 19.5 Å². The summed E-state index contributed by atoms with van der Waals surface area (Å²) in [5.74, 6) is 2.00. The van der Waals surface area contributed by atoms with Crippen molar-refractivity contribution >= 4 is 34.4 Å². The van der Waals surface area contributed by atoms with Crippen LogP contribution in [0.4, 0.5) is 17.6 Å². The zero-order valence-electron chi connectivity index (χ0n) is 19.9. The van der Waals surface area contributed by atoms with Crippen LogP contribution in [0.2, 0.25) is 0 Å². The molecule has 2 saturated heterocycles. The van der Waals surface area contributed by atoms with E-state index >= 15 is 0 Å². The average molecular weight is 465 g/mol. The van der Waals surface area contributed by atoms with E-state index in [-0.39, 0.29) is 18.0 Å². The molecule has 2 fully saturated rings. The van der Waals surface area contributed by atoms with Crippen LogP contribution >= 0.6 is 0 Å². The van der Waals surface area contributed by atoms with Crippen molar-refractivity contribution in [1.29, 1.82) is 0 Å². The lowest BCUT2D eigenvalue weighted by atomic mass is 10.1. The summed E-state index contributed by atoms with van der Waals surface area (Å²) in [6.45, 7) is 7.58. The Kier molecular flexibility index (Phi) is 6.34. The standard InChI is InChI=1S/C24H32N8O2/c1-15(2)32-14-19(23(33)28-16-11-25-12-16)18-13-27-22(10-20(18)32)29-21-4-7-26-24(30-21)31-8-5-17(34-3)6-9-31/h4,7,10,13-17,25H,5-6,8-9,11-12H2,1-3H3,(H,28,33)(H,26,27,29,30). The first-order valence-corrected chi connectivity index (χ1v) is 11.9. The first-order chi connectivity index (χ1) is 16.5. The lowest BCUT2D eigenvalue weighted by molar-refractivity contribution is 0.0816. The van der Waals surface area contributed by atoms with Gasteiger partial charge in [0.1, 0.15) is 11.6 Å². The predicted octanol–water partition coefficient (Wildman–Crippen LogP) is 2.47. The topological polar surface area (TPSA) is 109 Å². The van der Waals surface area contributed by atoms with Crippen molar-refractivity contribution in [3.63, 3.8) is 0 Å². The Balaban J connectivity index is 1.37. The summed E-state index contributed by atoms with van der Waals surface area (Å²) in [7, 11) is 1.77. The normalized spacial score (nSPS) is 17.2. The zero-order valence-corrected chi connectivity index (χ0v) is 19.9. The van der Waals surface area contributed by atoms with Crippen molar-refractivity contribution in [2.24, 2.45) is 0 Å². The molecule has 0 aromatic carbocycles. The van der Waals surface area contributed by atoms with Crippen molar-refractivity contribution in [3.8, 4) is 0 Å². The van der Waals surface area contributed by atoms with E-state index in [1.807, 2.05) is 18.3 Å². The molecular weight excluding hydrogens is 432 g/mol. The van der Waals surface area contributed by atoms with Gasteiger partial charge in [0.25, 0.3) is 5.91 Å². The minimum atomic E-state index is -0.0592. The Morgan fingerprint density at radius 2 is 2.00 bits per heavy atom. The summed E-state index contributed by atoms with van der Waals surface area (Å²) < 4.78 is 7.58. The van der Waals surface area contributed by atoms with Gasteiger partial charge in [-0.15, -0.1) is 0 Å². The fourth-order valence-corrected chi connectivity index (χ4v) is 4.47. The van der Waals surface area contributed by atoms with Crippen molar-refractivity contribution in [2.75, 3.05) is 43.5 Å². The van der Waals surface area contributed by atoms with Gasteiger partial charge in [0.15, 0.2) is 0 Å². The van der Waals surface area contributed by atoms with Crippen LogP contribution in [-0.4, -0.2) is 70.9 Å². The fourth-order valence-electron chi connectivity index (χ4n) is 4.47. The molecule has 180 valence electrons. The molecule has 5 rings (SSSR count). The lowest BCUT2D eigenvalue weighted by Gasteiger charge is -2.31. The molecular formula is C24H32N8O2. The van der Waals surface area contributed by atoms with Crippen LogP contribution in [0.15, 0.2) is 30.7 Å². The first kappa shape index (κ1) is 22.5. The number of hydrogen-bond donors (Lipinski definition) is 3. The number of carbonyl (C=O) groups excluding carboxylic acids is 1. The van der Waals surface area contributed by atoms with E-state index in [1.165, 1.54) is 0 Å². The smallest absolute Gasteiger partial charge is 0.253 e. The molecule has 0 atom stereocenters. The summed E-state index contributed by atoms with van der Waals surface area (Å²) in [5.41, 5.74) is 1.61. The molecule has 10 heteroatoms. The van der Waals surface area contributed by atoms with Crippen LogP contribution in [0.5, 0.6) is 0 Å². The maximum atomic E-state index is 12.9. The van der Waals surface area contributed by atoms with Crippen LogP contribution in [0.25, 0.3) is 10.9 Å². The molecule has 3 aromatic rings. The van der Waals surface area contributed by atoms with Crippen molar-refractivity contribution < 1.29 is 9.53 Å². The summed E-state index contributed by atoms with van der Waals surface area (Å²) in [4.78, 5) is 28.8. The summed E-state index contributed by atoms with van der Waals surface area (Å²) in [5, 5.41) is 10.4. The number of nitrogens with zero attached hydrogens (tertiary/aromatic N) is 5. The minimum absolute atomic E-state index is 0.0592. The van der Waals surface area contributed by atoms with Crippen LogP contribution in [-0.2, 0) is 4.74 Å². The quantitative estimate of drug-likeness (QED) is 0.489. The number of nitrogens with one attached hydrogen (secondary N) is 3. The Labute approximate surface area is 199 Å². The Hall–Kier alpha value is -3.24. The van der Waals surface area contributed by atoms with Crippen LogP contribution < -0.4 is 20.9 Å². The van der Waals surface area contributed by atoms with Gasteiger partial charge in [-0.2, -0.15) is 4.98 Å². The van der Waals surface area contributed by atoms with E-state index in [4.69, 9.17) is 9.72 Å². The van der Waals surface area contributed by atoms with Gasteiger partial charge in [-0.25, -0.2) is 9.97 Å². The third kappa shape index (κ3) is 4.55. The van der Waals surface area contributed by atoms with E-state index in [9.17, 15) is 4.79 Å². The molecule has 0 aliphatic carbocycles. The molecule has 2 aliphatic heterocycles. The number of piperidine rings is 1. The lowest BCUT2D eigenvalue weighted by Crippen LogP contribution is -2.56. The number of amides is 1. The Morgan fingerprint density at radius 3 is 2.68 bits per heavy atom. The highest BCUT2D eigenvalue weighted by Gasteiger charge is 2.24. The molecule has 0 bridgehead atoms. The molecule has 0 unspecified atom stereocenters. The molecule has 5 heterocycles. The maximum Gasteiger partial charge on any atom is 0.253 e. The first-order valence-electron chi connectivity index (χ1n) is 11.9. The third-order valence-electron chi connectivity index (χ3n) is 6.59. The number of ether oxygens (including phenoxy) is 1. The molecule has 10 nitrogen and oxygen atoms in total. The van der Waals surface area contributed by atoms with Crippen molar-refractivity contribution in [2.45, 2.75) is 44.9 Å². The SMILES string of the molecule is COC1CCN(c2nccc(Nc3cc4c(cn3)c(C(=O)NC3CNC3)cn4C(C)C)n2)CC1. The van der Waals surface area contributed by atoms with Crippen molar-refractivity contribution in [3.05, 3.63) is 36.3 Å². The molecule has 2 aliphatic rings. The second-order valence-electron chi connectivity index (χ2n) is 9.25. The molecule has 0 radical (unpaired) electrons. The van der Waals surface area contributed by atoms with Gasteiger partial charge in [0.2, 0.25) is 5.95 Å². The number of hydrogen-bond acceptors (Lipinski definition) is 8. The summed E-state index contributed by atoms with van der Waals surface area (Å²) >= 11 is 0. The second kappa shape index (κ2) is 9.55. The number of aromatic nitrogens is 4. The maximum absolute atomic E-state index is 12.9. The Bertz CT molecular complexity index is 1160. The zero-order chi connectivity index (χ0) is 23.7. The van der Waals surface area contributed by atoms with Gasteiger partial charge in [0.05, 0.1) is 23.2 Å². The predicted molar refractivity (Wildman–Crippen MR) is 132 cm³/mol. The number of rotatable bonds is 7. The second-order valence-corrected chi connectivity index (χ2v) is 9.25. The number of anilines is 3. The third-order valence-corrected chi connectivity index (χ3v) is 6.59.